The summed E-state index contributed by atoms with van der Waals surface area (Å²) in [5.74, 6) is -1.83. The topological polar surface area (TPSA) is 121 Å². The van der Waals surface area contributed by atoms with Gasteiger partial charge in [0.25, 0.3) is 5.91 Å². The molecule has 0 radical (unpaired) electrons. The maximum Gasteiger partial charge on any atom is 0.337 e. The minimum Gasteiger partial charge on any atom is -0.478 e. The van der Waals surface area contributed by atoms with Crippen LogP contribution in [0, 0.1) is 6.92 Å². The highest BCUT2D eigenvalue weighted by Gasteiger charge is 2.17. The number of urea groups is 1. The van der Waals surface area contributed by atoms with E-state index in [0.29, 0.717) is 5.69 Å². The fraction of sp³-hybridized carbons (Fsp3) is 0.0833. The largest absolute Gasteiger partial charge is 0.478 e. The van der Waals surface area contributed by atoms with Crippen molar-refractivity contribution in [3.8, 4) is 0 Å². The molecule has 3 N–H and O–H groups in total. The van der Waals surface area contributed by atoms with Gasteiger partial charge in [-0.25, -0.2) is 9.59 Å². The van der Waals surface area contributed by atoms with E-state index in [4.69, 9.17) is 5.11 Å². The zero-order chi connectivity index (χ0) is 15.4. The summed E-state index contributed by atoms with van der Waals surface area (Å²) < 4.78 is 3.59. The molecule has 1 heterocycles. The maximum absolute atomic E-state index is 11.8. The van der Waals surface area contributed by atoms with E-state index in [9.17, 15) is 14.4 Å². The Labute approximate surface area is 123 Å². The maximum atomic E-state index is 11.8. The third-order valence-corrected chi connectivity index (χ3v) is 3.32. The van der Waals surface area contributed by atoms with Gasteiger partial charge in [0.2, 0.25) is 0 Å². The highest BCUT2D eigenvalue weighted by Crippen LogP contribution is 2.15. The van der Waals surface area contributed by atoms with Crippen molar-refractivity contribution in [1.29, 1.82) is 0 Å². The van der Waals surface area contributed by atoms with E-state index in [0.717, 1.165) is 11.5 Å². The van der Waals surface area contributed by atoms with Crippen molar-refractivity contribution < 1.29 is 19.5 Å². The molecule has 9 heteroatoms. The van der Waals surface area contributed by atoms with Crippen LogP contribution < -0.4 is 10.6 Å². The van der Waals surface area contributed by atoms with Crippen LogP contribution in [0.25, 0.3) is 0 Å². The van der Waals surface area contributed by atoms with Gasteiger partial charge in [0.15, 0.2) is 0 Å². The number of carboxylic acids is 1. The molecular weight excluding hydrogens is 296 g/mol. The number of hydrogen-bond donors (Lipinski definition) is 3. The Morgan fingerprint density at radius 2 is 1.95 bits per heavy atom. The number of amides is 3. The lowest BCUT2D eigenvalue weighted by Gasteiger charge is -2.08. The van der Waals surface area contributed by atoms with Crippen LogP contribution in [0.4, 0.5) is 10.5 Å². The number of aryl methyl sites for hydroxylation is 1. The molecule has 1 aromatic carbocycles. The fourth-order valence-electron chi connectivity index (χ4n) is 1.53. The summed E-state index contributed by atoms with van der Waals surface area (Å²) in [7, 11) is 0. The predicted octanol–water partition coefficient (Wildman–Crippen LogP) is 1.51. The number of aromatic nitrogens is 2. The number of carbonyl (C=O) groups excluding carboxylic acids is 2. The zero-order valence-electron chi connectivity index (χ0n) is 10.8. The Morgan fingerprint density at radius 1 is 1.24 bits per heavy atom. The van der Waals surface area contributed by atoms with E-state index < -0.39 is 17.9 Å². The Morgan fingerprint density at radius 3 is 2.57 bits per heavy atom. The van der Waals surface area contributed by atoms with Crippen molar-refractivity contribution in [3.63, 3.8) is 0 Å². The van der Waals surface area contributed by atoms with E-state index >= 15 is 0 Å². The van der Waals surface area contributed by atoms with Gasteiger partial charge in [0.05, 0.1) is 16.9 Å². The summed E-state index contributed by atoms with van der Waals surface area (Å²) in [5, 5.41) is 17.1. The van der Waals surface area contributed by atoms with Gasteiger partial charge in [0, 0.05) is 0 Å². The lowest BCUT2D eigenvalue weighted by molar-refractivity contribution is 0.0698. The number of carbonyl (C=O) groups is 3. The summed E-state index contributed by atoms with van der Waals surface area (Å²) >= 11 is 0.867. The summed E-state index contributed by atoms with van der Waals surface area (Å²) in [6, 6.07) is 5.04. The van der Waals surface area contributed by atoms with Crippen molar-refractivity contribution in [1.82, 2.24) is 14.9 Å². The van der Waals surface area contributed by atoms with Crippen LogP contribution in [0.2, 0.25) is 0 Å². The number of aromatic carboxylic acids is 1. The lowest BCUT2D eigenvalue weighted by Crippen LogP contribution is -2.34. The summed E-state index contributed by atoms with van der Waals surface area (Å²) in [6.07, 6.45) is 0. The Kier molecular flexibility index (Phi) is 4.24. The number of nitrogens with one attached hydrogen (secondary N) is 2. The normalized spacial score (nSPS) is 9.95. The quantitative estimate of drug-likeness (QED) is 0.790. The second kappa shape index (κ2) is 6.09. The summed E-state index contributed by atoms with van der Waals surface area (Å²) in [6.45, 7) is 1.59. The molecule has 0 atom stereocenters. The van der Waals surface area contributed by atoms with Crippen molar-refractivity contribution in [2.24, 2.45) is 0 Å². The van der Waals surface area contributed by atoms with Crippen LogP contribution in [0.5, 0.6) is 0 Å². The molecule has 0 saturated heterocycles. The van der Waals surface area contributed by atoms with Gasteiger partial charge in [-0.15, -0.1) is 5.10 Å². The van der Waals surface area contributed by atoms with E-state index in [1.165, 1.54) is 18.2 Å². The van der Waals surface area contributed by atoms with Crippen molar-refractivity contribution in [2.45, 2.75) is 6.92 Å². The fourth-order valence-corrected chi connectivity index (χ4v) is 2.08. The molecule has 0 aliphatic heterocycles. The first-order valence-electron chi connectivity index (χ1n) is 5.72. The molecule has 2 aromatic rings. The highest BCUT2D eigenvalue weighted by atomic mass is 32.1. The molecule has 8 nitrogen and oxygen atoms in total. The second-order valence-corrected chi connectivity index (χ2v) is 4.70. The van der Waals surface area contributed by atoms with Crippen LogP contribution >= 0.6 is 11.5 Å². The van der Waals surface area contributed by atoms with E-state index in [1.807, 2.05) is 0 Å². The van der Waals surface area contributed by atoms with Gasteiger partial charge in [-0.3, -0.25) is 10.1 Å². The van der Waals surface area contributed by atoms with E-state index in [1.54, 1.807) is 13.0 Å². The molecule has 0 fully saturated rings. The number of nitrogens with zero attached hydrogens (tertiary/aromatic N) is 2. The first-order chi connectivity index (χ1) is 9.99. The molecule has 0 bridgehead atoms. The van der Waals surface area contributed by atoms with Gasteiger partial charge in [0.1, 0.15) is 4.88 Å². The van der Waals surface area contributed by atoms with Crippen LogP contribution in [0.3, 0.4) is 0 Å². The summed E-state index contributed by atoms with van der Waals surface area (Å²) in [5.41, 5.74) is 0.432. The van der Waals surface area contributed by atoms with Crippen molar-refractivity contribution >= 4 is 35.1 Å². The van der Waals surface area contributed by atoms with Gasteiger partial charge in [-0.2, -0.15) is 0 Å². The highest BCUT2D eigenvalue weighted by molar-refractivity contribution is 7.08. The minimum atomic E-state index is -1.18. The average molecular weight is 306 g/mol. The SMILES string of the molecule is Cc1nnsc1C(=O)NC(=O)Nc1ccccc1C(=O)O. The Hall–Kier alpha value is -2.81. The van der Waals surface area contributed by atoms with Gasteiger partial charge < -0.3 is 10.4 Å². The molecule has 21 heavy (non-hydrogen) atoms. The van der Waals surface area contributed by atoms with Gasteiger partial charge in [-0.1, -0.05) is 16.6 Å². The monoisotopic (exact) mass is 306 g/mol. The zero-order valence-corrected chi connectivity index (χ0v) is 11.6. The molecular formula is C12H10N4O4S. The minimum absolute atomic E-state index is 0.0734. The molecule has 0 spiro atoms. The molecule has 0 unspecified atom stereocenters. The van der Waals surface area contributed by atoms with E-state index in [2.05, 4.69) is 20.2 Å². The first kappa shape index (κ1) is 14.6. The summed E-state index contributed by atoms with van der Waals surface area (Å²) in [4.78, 5) is 34.7. The van der Waals surface area contributed by atoms with Crippen LogP contribution in [0.15, 0.2) is 24.3 Å². The number of imide groups is 1. The average Bonchev–Trinajstić information content (AvgIpc) is 2.85. The molecule has 3 amide bonds. The third-order valence-electron chi connectivity index (χ3n) is 2.49. The smallest absolute Gasteiger partial charge is 0.337 e. The molecule has 0 aliphatic carbocycles. The predicted molar refractivity (Wildman–Crippen MR) is 74.5 cm³/mol. The Balaban J connectivity index is 2.08. The van der Waals surface area contributed by atoms with Crippen molar-refractivity contribution in [3.05, 3.63) is 40.4 Å². The molecule has 108 valence electrons. The van der Waals surface area contributed by atoms with Crippen molar-refractivity contribution in [2.75, 3.05) is 5.32 Å². The van der Waals surface area contributed by atoms with Crippen LogP contribution in [-0.2, 0) is 0 Å². The molecule has 1 aromatic heterocycles. The molecule has 2 rings (SSSR count). The number of carboxylic acid groups (broad SMARTS) is 1. The van der Waals surface area contributed by atoms with E-state index in [-0.39, 0.29) is 16.1 Å². The standard InChI is InChI=1S/C12H10N4O4S/c1-6-9(21-16-15-6)10(17)14-12(20)13-8-5-3-2-4-7(8)11(18)19/h2-5H,1H3,(H,18,19)(H2,13,14,17,20). The first-order valence-corrected chi connectivity index (χ1v) is 6.50. The third kappa shape index (κ3) is 3.39. The lowest BCUT2D eigenvalue weighted by atomic mass is 10.2. The number of para-hydroxylation sites is 1. The molecule has 0 saturated carbocycles. The van der Waals surface area contributed by atoms with Crippen LogP contribution in [0.1, 0.15) is 25.7 Å². The van der Waals surface area contributed by atoms with Gasteiger partial charge in [-0.05, 0) is 30.6 Å². The second-order valence-electron chi connectivity index (χ2n) is 3.95. The molecule has 0 aliphatic rings. The number of rotatable bonds is 3. The number of anilines is 1. The number of benzene rings is 1. The van der Waals surface area contributed by atoms with Gasteiger partial charge >= 0.3 is 12.0 Å². The Bertz CT molecular complexity index is 713. The van der Waals surface area contributed by atoms with Crippen LogP contribution in [-0.4, -0.2) is 32.6 Å². The number of hydrogen-bond acceptors (Lipinski definition) is 6.